The summed E-state index contributed by atoms with van der Waals surface area (Å²) in [5, 5.41) is 2.85. The zero-order valence-corrected chi connectivity index (χ0v) is 12.7. The molecule has 1 heterocycles. The van der Waals surface area contributed by atoms with Gasteiger partial charge < -0.3 is 19.5 Å². The Bertz CT molecular complexity index is 529. The molecule has 0 spiro atoms. The van der Waals surface area contributed by atoms with E-state index in [4.69, 9.17) is 14.2 Å². The highest BCUT2D eigenvalue weighted by Gasteiger charge is 2.15. The minimum Gasteiger partial charge on any atom is -0.466 e. The maximum atomic E-state index is 12.0. The van der Waals surface area contributed by atoms with Crippen molar-refractivity contribution in [2.24, 2.45) is 0 Å². The van der Waals surface area contributed by atoms with Crippen LogP contribution in [0.2, 0.25) is 0 Å². The molecule has 1 N–H and O–H groups in total. The molecule has 1 aromatic rings. The first kappa shape index (κ1) is 16.1. The lowest BCUT2D eigenvalue weighted by Gasteiger charge is -2.06. The van der Waals surface area contributed by atoms with Crippen LogP contribution >= 0.6 is 0 Å². The predicted molar refractivity (Wildman–Crippen MR) is 80.0 cm³/mol. The second kappa shape index (κ2) is 8.26. The van der Waals surface area contributed by atoms with Gasteiger partial charge in [0.15, 0.2) is 11.5 Å². The van der Waals surface area contributed by atoms with Crippen molar-refractivity contribution in [1.29, 1.82) is 0 Å². The highest BCUT2D eigenvalue weighted by molar-refractivity contribution is 5.94. The fourth-order valence-corrected chi connectivity index (χ4v) is 2.15. The number of rotatable bonds is 8. The molecule has 6 heteroatoms. The quantitative estimate of drug-likeness (QED) is 0.589. The molecule has 0 bridgehead atoms. The molecule has 0 atom stereocenters. The van der Waals surface area contributed by atoms with Crippen LogP contribution in [-0.2, 0) is 9.53 Å². The van der Waals surface area contributed by atoms with Gasteiger partial charge in [-0.05, 0) is 38.0 Å². The molecule has 0 unspecified atom stereocenters. The molecular weight excluding hydrogens is 286 g/mol. The number of nitrogens with one attached hydrogen (secondary N) is 1. The van der Waals surface area contributed by atoms with E-state index in [0.29, 0.717) is 36.6 Å². The molecule has 1 aliphatic heterocycles. The Kier molecular flexibility index (Phi) is 6.06. The third-order valence-corrected chi connectivity index (χ3v) is 3.28. The second-order valence-corrected chi connectivity index (χ2v) is 4.94. The van der Waals surface area contributed by atoms with Crippen molar-refractivity contribution in [2.75, 3.05) is 19.9 Å². The van der Waals surface area contributed by atoms with Crippen LogP contribution in [0.3, 0.4) is 0 Å². The number of hydrogen-bond donors (Lipinski definition) is 1. The lowest BCUT2D eigenvalue weighted by atomic mass is 10.1. The van der Waals surface area contributed by atoms with E-state index in [-0.39, 0.29) is 18.7 Å². The second-order valence-electron chi connectivity index (χ2n) is 4.94. The molecule has 0 aromatic heterocycles. The largest absolute Gasteiger partial charge is 0.466 e. The van der Waals surface area contributed by atoms with Crippen LogP contribution in [0.4, 0.5) is 0 Å². The average Bonchev–Trinajstić information content (AvgIpc) is 2.98. The van der Waals surface area contributed by atoms with Crippen LogP contribution in [0.5, 0.6) is 11.5 Å². The lowest BCUT2D eigenvalue weighted by molar-refractivity contribution is -0.143. The molecule has 120 valence electrons. The summed E-state index contributed by atoms with van der Waals surface area (Å²) in [6, 6.07) is 5.12. The van der Waals surface area contributed by atoms with Crippen molar-refractivity contribution < 1.29 is 23.8 Å². The van der Waals surface area contributed by atoms with Crippen LogP contribution in [0.25, 0.3) is 0 Å². The molecule has 0 saturated carbocycles. The average molecular weight is 307 g/mol. The van der Waals surface area contributed by atoms with Crippen LogP contribution in [-0.4, -0.2) is 31.8 Å². The van der Waals surface area contributed by atoms with Gasteiger partial charge in [0, 0.05) is 18.5 Å². The molecule has 22 heavy (non-hydrogen) atoms. The molecule has 0 fully saturated rings. The number of esters is 1. The number of amides is 1. The Morgan fingerprint density at radius 2 is 2.00 bits per heavy atom. The first-order chi connectivity index (χ1) is 10.7. The summed E-state index contributed by atoms with van der Waals surface area (Å²) in [4.78, 5) is 23.1. The number of carbonyl (C=O) groups excluding carboxylic acids is 2. The Labute approximate surface area is 129 Å². The zero-order chi connectivity index (χ0) is 15.8. The van der Waals surface area contributed by atoms with Crippen molar-refractivity contribution >= 4 is 11.9 Å². The molecular formula is C16H21NO5. The molecule has 0 saturated heterocycles. The van der Waals surface area contributed by atoms with Crippen molar-refractivity contribution in [3.8, 4) is 11.5 Å². The molecule has 6 nitrogen and oxygen atoms in total. The van der Waals surface area contributed by atoms with E-state index in [2.05, 4.69) is 5.32 Å². The van der Waals surface area contributed by atoms with Gasteiger partial charge in [0.2, 0.25) is 6.79 Å². The maximum absolute atomic E-state index is 12.0. The van der Waals surface area contributed by atoms with Crippen LogP contribution < -0.4 is 14.8 Å². The van der Waals surface area contributed by atoms with Crippen LogP contribution in [0.15, 0.2) is 18.2 Å². The Morgan fingerprint density at radius 1 is 1.18 bits per heavy atom. The third-order valence-electron chi connectivity index (χ3n) is 3.28. The first-order valence-corrected chi connectivity index (χ1v) is 7.54. The summed E-state index contributed by atoms with van der Waals surface area (Å²) < 4.78 is 15.3. The summed E-state index contributed by atoms with van der Waals surface area (Å²) in [5.41, 5.74) is 0.552. The third kappa shape index (κ3) is 4.65. The number of carbonyl (C=O) groups is 2. The minimum absolute atomic E-state index is 0.135. The number of fused-ring (bicyclic) bond motifs is 1. The Balaban J connectivity index is 1.63. The van der Waals surface area contributed by atoms with Crippen molar-refractivity contribution in [3.05, 3.63) is 23.8 Å². The van der Waals surface area contributed by atoms with Crippen molar-refractivity contribution in [3.63, 3.8) is 0 Å². The van der Waals surface area contributed by atoms with Gasteiger partial charge in [0.1, 0.15) is 0 Å². The topological polar surface area (TPSA) is 73.9 Å². The highest BCUT2D eigenvalue weighted by atomic mass is 16.7. The molecule has 1 amide bonds. The standard InChI is InChI=1S/C16H21NO5/c1-2-20-15(18)6-4-3-5-9-17-16(19)12-7-8-13-14(10-12)22-11-21-13/h7-8,10H,2-6,9,11H2,1H3,(H,17,19). The first-order valence-electron chi connectivity index (χ1n) is 7.54. The van der Waals surface area contributed by atoms with Gasteiger partial charge in [-0.15, -0.1) is 0 Å². The van der Waals surface area contributed by atoms with Gasteiger partial charge in [0.25, 0.3) is 5.91 Å². The number of hydrogen-bond acceptors (Lipinski definition) is 5. The van der Waals surface area contributed by atoms with Crippen molar-refractivity contribution in [2.45, 2.75) is 32.6 Å². The van der Waals surface area contributed by atoms with E-state index in [1.165, 1.54) is 0 Å². The van der Waals surface area contributed by atoms with Crippen LogP contribution in [0.1, 0.15) is 43.0 Å². The normalized spacial score (nSPS) is 12.0. The summed E-state index contributed by atoms with van der Waals surface area (Å²) in [6.45, 7) is 2.99. The minimum atomic E-state index is -0.160. The summed E-state index contributed by atoms with van der Waals surface area (Å²) in [5.74, 6) is 0.966. The summed E-state index contributed by atoms with van der Waals surface area (Å²) in [6.07, 6.45) is 2.92. The molecule has 1 aliphatic rings. The molecule has 0 aliphatic carbocycles. The fourth-order valence-electron chi connectivity index (χ4n) is 2.15. The fraction of sp³-hybridized carbons (Fsp3) is 0.500. The molecule has 1 aromatic carbocycles. The van der Waals surface area contributed by atoms with Crippen LogP contribution in [0, 0.1) is 0 Å². The van der Waals surface area contributed by atoms with E-state index in [9.17, 15) is 9.59 Å². The van der Waals surface area contributed by atoms with Gasteiger partial charge >= 0.3 is 5.97 Å². The maximum Gasteiger partial charge on any atom is 0.305 e. The Morgan fingerprint density at radius 3 is 2.82 bits per heavy atom. The van der Waals surface area contributed by atoms with E-state index >= 15 is 0 Å². The predicted octanol–water partition coefficient (Wildman–Crippen LogP) is 2.27. The zero-order valence-electron chi connectivity index (χ0n) is 12.7. The van der Waals surface area contributed by atoms with E-state index in [1.54, 1.807) is 25.1 Å². The lowest BCUT2D eigenvalue weighted by Crippen LogP contribution is -2.24. The number of unbranched alkanes of at least 4 members (excludes halogenated alkanes) is 2. The van der Waals surface area contributed by atoms with Gasteiger partial charge in [-0.25, -0.2) is 0 Å². The van der Waals surface area contributed by atoms with E-state index < -0.39 is 0 Å². The van der Waals surface area contributed by atoms with Gasteiger partial charge in [-0.2, -0.15) is 0 Å². The summed E-state index contributed by atoms with van der Waals surface area (Å²) in [7, 11) is 0. The highest BCUT2D eigenvalue weighted by Crippen LogP contribution is 2.32. The number of benzene rings is 1. The van der Waals surface area contributed by atoms with Gasteiger partial charge in [-0.3, -0.25) is 9.59 Å². The van der Waals surface area contributed by atoms with Crippen molar-refractivity contribution in [1.82, 2.24) is 5.32 Å². The van der Waals surface area contributed by atoms with E-state index in [1.807, 2.05) is 0 Å². The monoisotopic (exact) mass is 307 g/mol. The molecule has 0 radical (unpaired) electrons. The SMILES string of the molecule is CCOC(=O)CCCCCNC(=O)c1ccc2c(c1)OCO2. The number of ether oxygens (including phenoxy) is 3. The van der Waals surface area contributed by atoms with E-state index in [0.717, 1.165) is 19.3 Å². The van der Waals surface area contributed by atoms with Gasteiger partial charge in [0.05, 0.1) is 6.61 Å². The summed E-state index contributed by atoms with van der Waals surface area (Å²) >= 11 is 0. The molecule has 2 rings (SSSR count). The Hall–Kier alpha value is -2.24. The smallest absolute Gasteiger partial charge is 0.305 e. The van der Waals surface area contributed by atoms with Gasteiger partial charge in [-0.1, -0.05) is 6.42 Å².